The summed E-state index contributed by atoms with van der Waals surface area (Å²) in [5.74, 6) is 1.28. The standard InChI is InChI=1S/C14H18ClN5O/c1-2-4-16-13-9-10(8-11(15)20-13)14(21)19-5-3-12-17-6-7-18-12/h6-9H,2-5H2,1H3,(H,16,20)(H,17,18)(H,19,21). The number of halogens is 1. The summed E-state index contributed by atoms with van der Waals surface area (Å²) < 4.78 is 0. The summed E-state index contributed by atoms with van der Waals surface area (Å²) in [6.45, 7) is 3.34. The number of carbonyl (C=O) groups is 1. The molecule has 0 radical (unpaired) electrons. The Morgan fingerprint density at radius 3 is 2.95 bits per heavy atom. The van der Waals surface area contributed by atoms with Crippen molar-refractivity contribution < 1.29 is 4.79 Å². The molecule has 2 aromatic rings. The maximum absolute atomic E-state index is 12.1. The number of hydrogen-bond donors (Lipinski definition) is 3. The second-order valence-corrected chi connectivity index (χ2v) is 4.92. The highest BCUT2D eigenvalue weighted by Gasteiger charge is 2.09. The molecule has 0 aliphatic heterocycles. The SMILES string of the molecule is CCCNc1cc(C(=O)NCCc2ncc[nH]2)cc(Cl)n1. The molecule has 21 heavy (non-hydrogen) atoms. The quantitative estimate of drug-likeness (QED) is 0.685. The lowest BCUT2D eigenvalue weighted by molar-refractivity contribution is 0.0954. The number of aromatic amines is 1. The Morgan fingerprint density at radius 1 is 1.38 bits per heavy atom. The topological polar surface area (TPSA) is 82.7 Å². The van der Waals surface area contributed by atoms with Gasteiger partial charge >= 0.3 is 0 Å². The zero-order chi connectivity index (χ0) is 15.1. The number of nitrogens with one attached hydrogen (secondary N) is 3. The Hall–Kier alpha value is -2.08. The zero-order valence-corrected chi connectivity index (χ0v) is 12.6. The van der Waals surface area contributed by atoms with E-state index in [2.05, 4.69) is 32.5 Å². The van der Waals surface area contributed by atoms with Crippen molar-refractivity contribution in [2.45, 2.75) is 19.8 Å². The fourth-order valence-corrected chi connectivity index (χ4v) is 2.01. The largest absolute Gasteiger partial charge is 0.370 e. The van der Waals surface area contributed by atoms with Crippen molar-refractivity contribution in [1.82, 2.24) is 20.3 Å². The van der Waals surface area contributed by atoms with Crippen molar-refractivity contribution in [3.63, 3.8) is 0 Å². The van der Waals surface area contributed by atoms with Crippen LogP contribution in [0.3, 0.4) is 0 Å². The lowest BCUT2D eigenvalue weighted by Crippen LogP contribution is -2.26. The Balaban J connectivity index is 1.93. The molecule has 112 valence electrons. The molecule has 2 rings (SSSR count). The second kappa shape index (κ2) is 7.64. The Kier molecular flexibility index (Phi) is 5.57. The van der Waals surface area contributed by atoms with Crippen LogP contribution in [-0.4, -0.2) is 33.9 Å². The van der Waals surface area contributed by atoms with E-state index in [1.54, 1.807) is 24.5 Å². The van der Waals surface area contributed by atoms with Crippen LogP contribution in [0.5, 0.6) is 0 Å². The molecule has 0 saturated carbocycles. The van der Waals surface area contributed by atoms with Crippen LogP contribution in [0.4, 0.5) is 5.82 Å². The number of anilines is 1. The van der Waals surface area contributed by atoms with E-state index in [9.17, 15) is 4.79 Å². The van der Waals surface area contributed by atoms with Gasteiger partial charge in [0.05, 0.1) is 0 Å². The van der Waals surface area contributed by atoms with E-state index in [-0.39, 0.29) is 5.91 Å². The molecule has 2 heterocycles. The number of pyridine rings is 1. The van der Waals surface area contributed by atoms with E-state index < -0.39 is 0 Å². The Labute approximate surface area is 128 Å². The number of nitrogens with zero attached hydrogens (tertiary/aromatic N) is 2. The normalized spacial score (nSPS) is 10.4. The van der Waals surface area contributed by atoms with Gasteiger partial charge in [-0.2, -0.15) is 0 Å². The first-order valence-corrected chi connectivity index (χ1v) is 7.24. The molecule has 2 aromatic heterocycles. The summed E-state index contributed by atoms with van der Waals surface area (Å²) in [6.07, 6.45) is 5.06. The van der Waals surface area contributed by atoms with Crippen LogP contribution in [0, 0.1) is 0 Å². The second-order valence-electron chi connectivity index (χ2n) is 4.53. The average Bonchev–Trinajstić information content (AvgIpc) is 2.97. The van der Waals surface area contributed by atoms with Gasteiger partial charge in [-0.3, -0.25) is 4.79 Å². The fraction of sp³-hybridized carbons (Fsp3) is 0.357. The number of amides is 1. The van der Waals surface area contributed by atoms with E-state index in [0.717, 1.165) is 18.8 Å². The third-order valence-corrected chi connectivity index (χ3v) is 3.01. The predicted molar refractivity (Wildman–Crippen MR) is 82.7 cm³/mol. The van der Waals surface area contributed by atoms with Crippen LogP contribution in [0.2, 0.25) is 5.15 Å². The molecular formula is C14H18ClN5O. The van der Waals surface area contributed by atoms with E-state index >= 15 is 0 Å². The van der Waals surface area contributed by atoms with Crippen molar-refractivity contribution in [2.75, 3.05) is 18.4 Å². The maximum Gasteiger partial charge on any atom is 0.251 e. The number of aromatic nitrogens is 3. The van der Waals surface area contributed by atoms with Crippen LogP contribution in [-0.2, 0) is 6.42 Å². The third kappa shape index (κ3) is 4.75. The molecule has 0 aromatic carbocycles. The van der Waals surface area contributed by atoms with Crippen molar-refractivity contribution >= 4 is 23.3 Å². The number of H-pyrrole nitrogens is 1. The molecule has 3 N–H and O–H groups in total. The van der Waals surface area contributed by atoms with Gasteiger partial charge in [-0.1, -0.05) is 18.5 Å². The summed E-state index contributed by atoms with van der Waals surface area (Å²) in [7, 11) is 0. The molecule has 0 spiro atoms. The van der Waals surface area contributed by atoms with Gasteiger partial charge in [-0.05, 0) is 18.6 Å². The molecule has 6 nitrogen and oxygen atoms in total. The predicted octanol–water partition coefficient (Wildman–Crippen LogP) is 2.25. The molecule has 0 fully saturated rings. The first-order valence-electron chi connectivity index (χ1n) is 6.87. The van der Waals surface area contributed by atoms with Crippen LogP contribution >= 0.6 is 11.6 Å². The lowest BCUT2D eigenvalue weighted by Gasteiger charge is -2.08. The highest BCUT2D eigenvalue weighted by atomic mass is 35.5. The molecular weight excluding hydrogens is 290 g/mol. The number of carbonyl (C=O) groups excluding carboxylic acids is 1. The summed E-state index contributed by atoms with van der Waals surface area (Å²) in [4.78, 5) is 23.3. The van der Waals surface area contributed by atoms with Crippen LogP contribution < -0.4 is 10.6 Å². The first kappa shape index (κ1) is 15.3. The van der Waals surface area contributed by atoms with Crippen molar-refractivity contribution in [3.8, 4) is 0 Å². The lowest BCUT2D eigenvalue weighted by atomic mass is 10.2. The minimum Gasteiger partial charge on any atom is -0.370 e. The molecule has 0 bridgehead atoms. The average molecular weight is 308 g/mol. The van der Waals surface area contributed by atoms with Gasteiger partial charge in [0.15, 0.2) is 0 Å². The highest BCUT2D eigenvalue weighted by Crippen LogP contribution is 2.14. The van der Waals surface area contributed by atoms with Crippen molar-refractivity contribution in [1.29, 1.82) is 0 Å². The minimum atomic E-state index is -0.176. The van der Waals surface area contributed by atoms with Crippen molar-refractivity contribution in [3.05, 3.63) is 41.1 Å². The Morgan fingerprint density at radius 2 is 2.24 bits per heavy atom. The van der Waals surface area contributed by atoms with Gasteiger partial charge in [0, 0.05) is 37.5 Å². The van der Waals surface area contributed by atoms with Gasteiger partial charge in [-0.15, -0.1) is 0 Å². The van der Waals surface area contributed by atoms with Gasteiger partial charge in [0.1, 0.15) is 16.8 Å². The first-order chi connectivity index (χ1) is 10.2. The van der Waals surface area contributed by atoms with Crippen LogP contribution in [0.25, 0.3) is 0 Å². The zero-order valence-electron chi connectivity index (χ0n) is 11.8. The van der Waals surface area contributed by atoms with Gasteiger partial charge in [-0.25, -0.2) is 9.97 Å². The van der Waals surface area contributed by atoms with Gasteiger partial charge < -0.3 is 15.6 Å². The van der Waals surface area contributed by atoms with E-state index in [4.69, 9.17) is 11.6 Å². The van der Waals surface area contributed by atoms with Crippen LogP contribution in [0.1, 0.15) is 29.5 Å². The van der Waals surface area contributed by atoms with Crippen molar-refractivity contribution in [2.24, 2.45) is 0 Å². The molecule has 0 aliphatic rings. The molecule has 0 atom stereocenters. The summed E-state index contributed by atoms with van der Waals surface area (Å²) >= 11 is 5.94. The number of imidazole rings is 1. The fourth-order valence-electron chi connectivity index (χ4n) is 1.80. The van der Waals surface area contributed by atoms with E-state index in [1.165, 1.54) is 0 Å². The molecule has 1 amide bonds. The highest BCUT2D eigenvalue weighted by molar-refractivity contribution is 6.29. The number of hydrogen-bond acceptors (Lipinski definition) is 4. The maximum atomic E-state index is 12.1. The Bertz CT molecular complexity index is 585. The summed E-state index contributed by atoms with van der Waals surface area (Å²) in [5, 5.41) is 6.25. The monoisotopic (exact) mass is 307 g/mol. The minimum absolute atomic E-state index is 0.176. The van der Waals surface area contributed by atoms with E-state index in [0.29, 0.717) is 29.5 Å². The summed E-state index contributed by atoms with van der Waals surface area (Å²) in [6, 6.07) is 3.25. The van der Waals surface area contributed by atoms with E-state index in [1.807, 2.05) is 0 Å². The van der Waals surface area contributed by atoms with Gasteiger partial charge in [0.25, 0.3) is 5.91 Å². The molecule has 0 unspecified atom stereocenters. The smallest absolute Gasteiger partial charge is 0.251 e. The molecule has 7 heteroatoms. The van der Waals surface area contributed by atoms with Gasteiger partial charge in [0.2, 0.25) is 0 Å². The summed E-state index contributed by atoms with van der Waals surface area (Å²) in [5.41, 5.74) is 0.494. The molecule has 0 saturated heterocycles. The number of rotatable bonds is 7. The van der Waals surface area contributed by atoms with Crippen LogP contribution in [0.15, 0.2) is 24.5 Å². The third-order valence-electron chi connectivity index (χ3n) is 2.81. The molecule has 0 aliphatic carbocycles.